The molecule has 5 nitrogen and oxygen atoms in total. The predicted octanol–water partition coefficient (Wildman–Crippen LogP) is 4.22. The molecule has 133 valence electrons. The smallest absolute Gasteiger partial charge is 0.387 e. The first kappa shape index (κ1) is 17.6. The molecule has 0 spiro atoms. The van der Waals surface area contributed by atoms with Crippen molar-refractivity contribution in [1.82, 2.24) is 9.78 Å². The van der Waals surface area contributed by atoms with E-state index in [9.17, 15) is 13.6 Å². The van der Waals surface area contributed by atoms with Crippen LogP contribution in [0.25, 0.3) is 11.3 Å². The van der Waals surface area contributed by atoms with E-state index < -0.39 is 6.61 Å². The van der Waals surface area contributed by atoms with Gasteiger partial charge in [-0.25, -0.2) is 0 Å². The number of halogens is 2. The van der Waals surface area contributed by atoms with E-state index in [-0.39, 0.29) is 11.7 Å². The number of hydrogen-bond acceptors (Lipinski definition) is 3. The number of anilines is 1. The molecule has 0 saturated carbocycles. The summed E-state index contributed by atoms with van der Waals surface area (Å²) in [6.07, 6.45) is 0. The van der Waals surface area contributed by atoms with Crippen LogP contribution >= 0.6 is 0 Å². The Kier molecular flexibility index (Phi) is 5.26. The van der Waals surface area contributed by atoms with Crippen molar-refractivity contribution in [2.45, 2.75) is 20.1 Å². The zero-order valence-corrected chi connectivity index (χ0v) is 13.9. The minimum Gasteiger partial charge on any atom is -0.435 e. The molecule has 0 aliphatic heterocycles. The topological polar surface area (TPSA) is 56.2 Å². The van der Waals surface area contributed by atoms with Crippen molar-refractivity contribution in [1.29, 1.82) is 0 Å². The molecule has 1 N–H and O–H groups in total. The SMILES string of the molecule is CCn1nc(-c2cccc(OC(F)F)c2)cc1C(=O)Nc1c[c]ccc1. The molecular weight excluding hydrogens is 340 g/mol. The highest BCUT2D eigenvalue weighted by molar-refractivity contribution is 6.03. The number of ether oxygens (including phenoxy) is 1. The number of aromatic nitrogens is 2. The average Bonchev–Trinajstić information content (AvgIpc) is 3.07. The van der Waals surface area contributed by atoms with Crippen molar-refractivity contribution < 1.29 is 18.3 Å². The molecule has 0 aliphatic carbocycles. The van der Waals surface area contributed by atoms with Gasteiger partial charge in [0.15, 0.2) is 0 Å². The lowest BCUT2D eigenvalue weighted by Gasteiger charge is -2.06. The number of nitrogens with zero attached hydrogens (tertiary/aromatic N) is 2. The monoisotopic (exact) mass is 356 g/mol. The summed E-state index contributed by atoms with van der Waals surface area (Å²) in [7, 11) is 0. The Morgan fingerprint density at radius 3 is 2.85 bits per heavy atom. The van der Waals surface area contributed by atoms with Crippen LogP contribution in [0.2, 0.25) is 0 Å². The van der Waals surface area contributed by atoms with E-state index in [0.29, 0.717) is 29.2 Å². The van der Waals surface area contributed by atoms with E-state index in [4.69, 9.17) is 0 Å². The van der Waals surface area contributed by atoms with Crippen LogP contribution in [-0.2, 0) is 6.54 Å². The van der Waals surface area contributed by atoms with Crippen molar-refractivity contribution in [3.05, 3.63) is 66.4 Å². The summed E-state index contributed by atoms with van der Waals surface area (Å²) >= 11 is 0. The van der Waals surface area contributed by atoms with Gasteiger partial charge in [0.25, 0.3) is 5.91 Å². The van der Waals surface area contributed by atoms with Gasteiger partial charge in [0, 0.05) is 17.8 Å². The quantitative estimate of drug-likeness (QED) is 0.719. The zero-order chi connectivity index (χ0) is 18.5. The van der Waals surface area contributed by atoms with E-state index in [0.717, 1.165) is 0 Å². The largest absolute Gasteiger partial charge is 0.435 e. The Morgan fingerprint density at radius 2 is 2.15 bits per heavy atom. The molecule has 3 rings (SSSR count). The summed E-state index contributed by atoms with van der Waals surface area (Å²) in [4.78, 5) is 12.5. The maximum Gasteiger partial charge on any atom is 0.387 e. The van der Waals surface area contributed by atoms with E-state index in [2.05, 4.69) is 21.2 Å². The number of aryl methyl sites for hydroxylation is 1. The molecule has 0 unspecified atom stereocenters. The molecule has 3 aromatic rings. The summed E-state index contributed by atoms with van der Waals surface area (Å²) in [6.45, 7) is -0.556. The molecule has 0 atom stereocenters. The summed E-state index contributed by atoms with van der Waals surface area (Å²) in [5.74, 6) is -0.278. The Morgan fingerprint density at radius 1 is 1.31 bits per heavy atom. The van der Waals surface area contributed by atoms with Crippen molar-refractivity contribution >= 4 is 11.6 Å². The Bertz CT molecular complexity index is 895. The summed E-state index contributed by atoms with van der Waals surface area (Å²) in [5, 5.41) is 7.17. The second kappa shape index (κ2) is 7.77. The number of amides is 1. The molecule has 2 aromatic carbocycles. The van der Waals surface area contributed by atoms with Crippen LogP contribution in [0.3, 0.4) is 0 Å². The number of alkyl halides is 2. The maximum absolute atomic E-state index is 12.5. The standard InChI is InChI=1S/C19H16F2N3O2/c1-2-24-17(18(25)22-14-8-4-3-5-9-14)12-16(23-24)13-7-6-10-15(11-13)26-19(20)21/h3-4,6-12,19H,2H2,1H3,(H,22,25). The lowest BCUT2D eigenvalue weighted by molar-refractivity contribution is -0.0498. The second-order valence-corrected chi connectivity index (χ2v) is 5.38. The third kappa shape index (κ3) is 4.05. The zero-order valence-electron chi connectivity index (χ0n) is 13.9. The molecule has 1 aromatic heterocycles. The first-order valence-corrected chi connectivity index (χ1v) is 7.97. The van der Waals surface area contributed by atoms with Crippen LogP contribution in [-0.4, -0.2) is 22.3 Å². The van der Waals surface area contributed by atoms with Gasteiger partial charge in [0.2, 0.25) is 0 Å². The van der Waals surface area contributed by atoms with Gasteiger partial charge in [-0.05, 0) is 43.3 Å². The van der Waals surface area contributed by atoms with Crippen LogP contribution in [0.5, 0.6) is 5.75 Å². The minimum atomic E-state index is -2.90. The molecule has 1 amide bonds. The van der Waals surface area contributed by atoms with Crippen LogP contribution in [0.4, 0.5) is 14.5 Å². The molecule has 0 saturated heterocycles. The van der Waals surface area contributed by atoms with E-state index in [1.54, 1.807) is 47.1 Å². The number of carbonyl (C=O) groups excluding carboxylic acids is 1. The van der Waals surface area contributed by atoms with Gasteiger partial charge < -0.3 is 10.1 Å². The average molecular weight is 356 g/mol. The molecular formula is C19H16F2N3O2. The Balaban J connectivity index is 1.88. The van der Waals surface area contributed by atoms with Gasteiger partial charge in [-0.3, -0.25) is 9.48 Å². The lowest BCUT2D eigenvalue weighted by Crippen LogP contribution is -2.17. The molecule has 1 radical (unpaired) electrons. The first-order valence-electron chi connectivity index (χ1n) is 7.97. The van der Waals surface area contributed by atoms with Crippen LogP contribution in [0, 0.1) is 6.07 Å². The van der Waals surface area contributed by atoms with Crippen molar-refractivity contribution in [2.75, 3.05) is 5.32 Å². The van der Waals surface area contributed by atoms with Crippen molar-refractivity contribution in [3.63, 3.8) is 0 Å². The number of carbonyl (C=O) groups is 1. The van der Waals surface area contributed by atoms with Gasteiger partial charge in [-0.15, -0.1) is 0 Å². The van der Waals surface area contributed by atoms with E-state index >= 15 is 0 Å². The normalized spacial score (nSPS) is 10.8. The van der Waals surface area contributed by atoms with E-state index in [1.807, 2.05) is 6.92 Å². The fraction of sp³-hybridized carbons (Fsp3) is 0.158. The fourth-order valence-corrected chi connectivity index (χ4v) is 2.48. The van der Waals surface area contributed by atoms with Gasteiger partial charge in [0.1, 0.15) is 11.4 Å². The minimum absolute atomic E-state index is 0.0365. The van der Waals surface area contributed by atoms with Crippen molar-refractivity contribution in [2.24, 2.45) is 0 Å². The fourth-order valence-electron chi connectivity index (χ4n) is 2.48. The number of hydrogen-bond donors (Lipinski definition) is 1. The summed E-state index contributed by atoms with van der Waals surface area (Å²) in [5.41, 5.74) is 2.07. The summed E-state index contributed by atoms with van der Waals surface area (Å²) < 4.78 is 30.8. The van der Waals surface area contributed by atoms with Gasteiger partial charge in [-0.1, -0.05) is 24.3 Å². The van der Waals surface area contributed by atoms with Crippen LogP contribution < -0.4 is 10.1 Å². The predicted molar refractivity (Wildman–Crippen MR) is 93.2 cm³/mol. The lowest BCUT2D eigenvalue weighted by atomic mass is 10.1. The van der Waals surface area contributed by atoms with E-state index in [1.165, 1.54) is 12.1 Å². The van der Waals surface area contributed by atoms with Crippen LogP contribution in [0.15, 0.2) is 54.6 Å². The molecule has 0 fully saturated rings. The number of rotatable bonds is 6. The Labute approximate surface area is 149 Å². The highest BCUT2D eigenvalue weighted by Gasteiger charge is 2.16. The summed E-state index contributed by atoms with van der Waals surface area (Å²) in [6, 6.07) is 17.6. The Hall–Kier alpha value is -3.22. The molecule has 7 heteroatoms. The van der Waals surface area contributed by atoms with Crippen LogP contribution in [0.1, 0.15) is 17.4 Å². The maximum atomic E-state index is 12.5. The number of benzene rings is 2. The molecule has 0 bridgehead atoms. The highest BCUT2D eigenvalue weighted by Crippen LogP contribution is 2.25. The van der Waals surface area contributed by atoms with Crippen molar-refractivity contribution in [3.8, 4) is 17.0 Å². The second-order valence-electron chi connectivity index (χ2n) is 5.38. The van der Waals surface area contributed by atoms with Gasteiger partial charge >= 0.3 is 6.61 Å². The third-order valence-corrected chi connectivity index (χ3v) is 3.63. The first-order chi connectivity index (χ1) is 12.6. The molecule has 1 heterocycles. The number of nitrogens with one attached hydrogen (secondary N) is 1. The third-order valence-electron chi connectivity index (χ3n) is 3.63. The van der Waals surface area contributed by atoms with Gasteiger partial charge in [0.05, 0.1) is 5.69 Å². The highest BCUT2D eigenvalue weighted by atomic mass is 19.3. The molecule has 26 heavy (non-hydrogen) atoms. The molecule has 0 aliphatic rings. The van der Waals surface area contributed by atoms with Gasteiger partial charge in [-0.2, -0.15) is 13.9 Å².